The van der Waals surface area contributed by atoms with Crippen molar-refractivity contribution in [2.24, 2.45) is 0 Å². The van der Waals surface area contributed by atoms with E-state index in [1.165, 1.54) is 12.1 Å². The van der Waals surface area contributed by atoms with Gasteiger partial charge >= 0.3 is 6.18 Å². The summed E-state index contributed by atoms with van der Waals surface area (Å²) in [7, 11) is 0. The van der Waals surface area contributed by atoms with Gasteiger partial charge in [-0.15, -0.1) is 0 Å². The first-order chi connectivity index (χ1) is 6.48. The number of hydrogen-bond acceptors (Lipinski definition) is 1. The lowest BCUT2D eigenvalue weighted by Crippen LogP contribution is -2.08. The Morgan fingerprint density at radius 3 is 2.29 bits per heavy atom. The number of halogens is 3. The molecule has 1 saturated carbocycles. The van der Waals surface area contributed by atoms with Crippen LogP contribution in [0, 0.1) is 0 Å². The van der Waals surface area contributed by atoms with Crippen LogP contribution in [0.25, 0.3) is 0 Å². The fourth-order valence-electron chi connectivity index (χ4n) is 1.51. The van der Waals surface area contributed by atoms with Crippen LogP contribution in [-0.4, -0.2) is 0 Å². The molecular formula is C10H10F3N. The molecule has 0 spiro atoms. The van der Waals surface area contributed by atoms with Crippen molar-refractivity contribution in [3.63, 3.8) is 0 Å². The number of alkyl halides is 3. The molecule has 1 nitrogen and oxygen atoms in total. The lowest BCUT2D eigenvalue weighted by molar-refractivity contribution is -0.136. The first kappa shape index (κ1) is 9.37. The second-order valence-electron chi connectivity index (χ2n) is 3.62. The molecule has 0 saturated heterocycles. The topological polar surface area (TPSA) is 26.0 Å². The van der Waals surface area contributed by atoms with E-state index in [0.29, 0.717) is 5.92 Å². The third-order valence-electron chi connectivity index (χ3n) is 2.43. The van der Waals surface area contributed by atoms with Crippen LogP contribution in [0.3, 0.4) is 0 Å². The Labute approximate surface area is 79.7 Å². The fourth-order valence-corrected chi connectivity index (χ4v) is 1.51. The molecule has 0 heterocycles. The van der Waals surface area contributed by atoms with Gasteiger partial charge in [-0.1, -0.05) is 6.07 Å². The Morgan fingerprint density at radius 1 is 1.21 bits per heavy atom. The SMILES string of the molecule is Nc1cc(C2CC2)ccc1C(F)(F)F. The molecule has 0 aromatic heterocycles. The van der Waals surface area contributed by atoms with E-state index in [2.05, 4.69) is 0 Å². The smallest absolute Gasteiger partial charge is 0.398 e. The molecule has 4 heteroatoms. The van der Waals surface area contributed by atoms with E-state index in [0.717, 1.165) is 24.5 Å². The van der Waals surface area contributed by atoms with Gasteiger partial charge in [0.2, 0.25) is 0 Å². The van der Waals surface area contributed by atoms with Gasteiger partial charge in [-0.2, -0.15) is 13.2 Å². The molecule has 2 rings (SSSR count). The van der Waals surface area contributed by atoms with E-state index in [1.807, 2.05) is 0 Å². The normalized spacial score (nSPS) is 17.1. The lowest BCUT2D eigenvalue weighted by Gasteiger charge is -2.10. The molecule has 1 aliphatic rings. The largest absolute Gasteiger partial charge is 0.418 e. The summed E-state index contributed by atoms with van der Waals surface area (Å²) in [5, 5.41) is 0. The molecule has 1 aliphatic carbocycles. The monoisotopic (exact) mass is 201 g/mol. The lowest BCUT2D eigenvalue weighted by atomic mass is 10.1. The highest BCUT2D eigenvalue weighted by Gasteiger charge is 2.33. The van der Waals surface area contributed by atoms with Crippen LogP contribution in [0.2, 0.25) is 0 Å². The number of rotatable bonds is 1. The summed E-state index contributed by atoms with van der Waals surface area (Å²) in [5.74, 6) is 0.430. The third-order valence-corrected chi connectivity index (χ3v) is 2.43. The minimum absolute atomic E-state index is 0.165. The Balaban J connectivity index is 2.35. The highest BCUT2D eigenvalue weighted by atomic mass is 19.4. The summed E-state index contributed by atoms with van der Waals surface area (Å²) in [6.07, 6.45) is -2.22. The quantitative estimate of drug-likeness (QED) is 0.694. The highest BCUT2D eigenvalue weighted by Crippen LogP contribution is 2.42. The zero-order valence-electron chi connectivity index (χ0n) is 7.43. The van der Waals surface area contributed by atoms with Gasteiger partial charge in [0.05, 0.1) is 5.56 Å². The molecule has 1 fully saturated rings. The van der Waals surface area contributed by atoms with Crippen LogP contribution in [-0.2, 0) is 6.18 Å². The standard InChI is InChI=1S/C10H10F3N/c11-10(12,13)8-4-3-7(5-9(8)14)6-1-2-6/h3-6H,1-2,14H2. The maximum absolute atomic E-state index is 12.3. The van der Waals surface area contributed by atoms with Crippen molar-refractivity contribution in [2.45, 2.75) is 24.9 Å². The van der Waals surface area contributed by atoms with E-state index in [1.54, 1.807) is 0 Å². The zero-order valence-corrected chi connectivity index (χ0v) is 7.43. The van der Waals surface area contributed by atoms with Crippen molar-refractivity contribution >= 4 is 5.69 Å². The van der Waals surface area contributed by atoms with E-state index >= 15 is 0 Å². The predicted octanol–water partition coefficient (Wildman–Crippen LogP) is 3.17. The van der Waals surface area contributed by atoms with E-state index in [-0.39, 0.29) is 5.69 Å². The first-order valence-corrected chi connectivity index (χ1v) is 4.45. The van der Waals surface area contributed by atoms with Gasteiger partial charge in [0.1, 0.15) is 0 Å². The molecule has 0 unspecified atom stereocenters. The summed E-state index contributed by atoms with van der Waals surface area (Å²) >= 11 is 0. The van der Waals surface area contributed by atoms with Crippen LogP contribution in [0.1, 0.15) is 29.9 Å². The van der Waals surface area contributed by atoms with E-state index in [4.69, 9.17) is 5.73 Å². The van der Waals surface area contributed by atoms with Crippen molar-refractivity contribution in [2.75, 3.05) is 5.73 Å². The number of nitrogen functional groups attached to an aromatic ring is 1. The summed E-state index contributed by atoms with van der Waals surface area (Å²) in [4.78, 5) is 0. The Kier molecular flexibility index (Phi) is 1.94. The van der Waals surface area contributed by atoms with E-state index in [9.17, 15) is 13.2 Å². The van der Waals surface area contributed by atoms with Gasteiger partial charge in [0.15, 0.2) is 0 Å². The number of hydrogen-bond donors (Lipinski definition) is 1. The van der Waals surface area contributed by atoms with Crippen molar-refractivity contribution in [1.82, 2.24) is 0 Å². The molecule has 1 aromatic rings. The van der Waals surface area contributed by atoms with Crippen LogP contribution in [0.4, 0.5) is 18.9 Å². The number of nitrogens with two attached hydrogens (primary N) is 1. The van der Waals surface area contributed by atoms with Crippen molar-refractivity contribution in [3.8, 4) is 0 Å². The molecule has 2 N–H and O–H groups in total. The molecule has 1 aromatic carbocycles. The molecule has 0 amide bonds. The van der Waals surface area contributed by atoms with Gasteiger partial charge < -0.3 is 5.73 Å². The summed E-state index contributed by atoms with van der Waals surface area (Å²) in [5.41, 5.74) is 5.38. The summed E-state index contributed by atoms with van der Waals surface area (Å²) in [6, 6.07) is 4.04. The van der Waals surface area contributed by atoms with Crippen LogP contribution in [0.5, 0.6) is 0 Å². The summed E-state index contributed by atoms with van der Waals surface area (Å²) in [6.45, 7) is 0. The fraction of sp³-hybridized carbons (Fsp3) is 0.400. The molecule has 0 atom stereocenters. The van der Waals surface area contributed by atoms with Gasteiger partial charge in [0, 0.05) is 5.69 Å². The first-order valence-electron chi connectivity index (χ1n) is 4.45. The number of benzene rings is 1. The van der Waals surface area contributed by atoms with Crippen LogP contribution in [0.15, 0.2) is 18.2 Å². The van der Waals surface area contributed by atoms with Gasteiger partial charge in [-0.25, -0.2) is 0 Å². The molecule has 76 valence electrons. The maximum Gasteiger partial charge on any atom is 0.418 e. The Morgan fingerprint density at radius 2 is 1.86 bits per heavy atom. The van der Waals surface area contributed by atoms with Crippen molar-refractivity contribution in [1.29, 1.82) is 0 Å². The maximum atomic E-state index is 12.3. The molecular weight excluding hydrogens is 191 g/mol. The zero-order chi connectivity index (χ0) is 10.3. The summed E-state index contributed by atoms with van der Waals surface area (Å²) < 4.78 is 37.0. The molecule has 0 bridgehead atoms. The second kappa shape index (κ2) is 2.90. The predicted molar refractivity (Wildman–Crippen MR) is 47.8 cm³/mol. The van der Waals surface area contributed by atoms with Crippen molar-refractivity contribution in [3.05, 3.63) is 29.3 Å². The molecule has 0 radical (unpaired) electrons. The van der Waals surface area contributed by atoms with Crippen LogP contribution < -0.4 is 5.73 Å². The average Bonchev–Trinajstić information content (AvgIpc) is 2.83. The highest BCUT2D eigenvalue weighted by molar-refractivity contribution is 5.51. The molecule has 0 aliphatic heterocycles. The number of anilines is 1. The van der Waals surface area contributed by atoms with Crippen molar-refractivity contribution < 1.29 is 13.2 Å². The average molecular weight is 201 g/mol. The van der Waals surface area contributed by atoms with Crippen LogP contribution >= 0.6 is 0 Å². The minimum Gasteiger partial charge on any atom is -0.398 e. The Bertz CT molecular complexity index is 353. The molecule has 14 heavy (non-hydrogen) atoms. The van der Waals surface area contributed by atoms with E-state index < -0.39 is 11.7 Å². The minimum atomic E-state index is -4.34. The Hall–Kier alpha value is -1.19. The van der Waals surface area contributed by atoms with Gasteiger partial charge in [-0.05, 0) is 36.5 Å². The van der Waals surface area contributed by atoms with Gasteiger partial charge in [0.25, 0.3) is 0 Å². The van der Waals surface area contributed by atoms with Gasteiger partial charge in [-0.3, -0.25) is 0 Å². The third kappa shape index (κ3) is 1.69. The second-order valence-corrected chi connectivity index (χ2v) is 3.62.